The van der Waals surface area contributed by atoms with Gasteiger partial charge in [-0.2, -0.15) is 0 Å². The van der Waals surface area contributed by atoms with Crippen LogP contribution < -0.4 is 0 Å². The van der Waals surface area contributed by atoms with Crippen LogP contribution in [0.15, 0.2) is 48.6 Å². The molecule has 9 nitrogen and oxygen atoms in total. The first-order valence-corrected chi connectivity index (χ1v) is 14.5. The summed E-state index contributed by atoms with van der Waals surface area (Å²) in [5, 5.41) is 18.1. The normalized spacial score (nSPS) is 15.6. The molecule has 0 saturated carbocycles. The van der Waals surface area contributed by atoms with Crippen LogP contribution in [0, 0.1) is 5.92 Å². The fourth-order valence-electron chi connectivity index (χ4n) is 2.79. The lowest BCUT2D eigenvalue weighted by molar-refractivity contribution is -0.153. The number of hydrogen-bond acceptors (Lipinski definition) is 7. The van der Waals surface area contributed by atoms with E-state index in [0.29, 0.717) is 12.8 Å². The SMILES string of the molecule is CCCCC/C=C\C/C=C\C/C=C\C/C=C\CCCC(=O)OC(CO)COP(=O)(O)OCC(C)C(=O)O. The minimum atomic E-state index is -4.54. The molecule has 0 spiro atoms. The van der Waals surface area contributed by atoms with Crippen molar-refractivity contribution < 1.29 is 43.0 Å². The summed E-state index contributed by atoms with van der Waals surface area (Å²) in [4.78, 5) is 32.2. The molecular formula is C27H45O9P. The van der Waals surface area contributed by atoms with Gasteiger partial charge >= 0.3 is 19.8 Å². The van der Waals surface area contributed by atoms with Crippen molar-refractivity contribution in [2.45, 2.75) is 84.2 Å². The molecular weight excluding hydrogens is 499 g/mol. The Hall–Kier alpha value is -2.03. The van der Waals surface area contributed by atoms with Crippen LogP contribution in [0.3, 0.4) is 0 Å². The molecule has 0 aliphatic heterocycles. The quantitative estimate of drug-likeness (QED) is 0.0621. The van der Waals surface area contributed by atoms with E-state index in [2.05, 4.69) is 52.4 Å². The molecule has 212 valence electrons. The van der Waals surface area contributed by atoms with Gasteiger partial charge in [0.2, 0.25) is 0 Å². The Balaban J connectivity index is 3.94. The predicted octanol–water partition coefficient (Wildman–Crippen LogP) is 5.89. The van der Waals surface area contributed by atoms with Crippen molar-refractivity contribution in [2.75, 3.05) is 19.8 Å². The van der Waals surface area contributed by atoms with Gasteiger partial charge < -0.3 is 19.8 Å². The lowest BCUT2D eigenvalue weighted by Gasteiger charge is -2.18. The number of carboxylic acid groups (broad SMARTS) is 1. The Bertz CT molecular complexity index is 774. The number of carbonyl (C=O) groups is 2. The molecule has 10 heteroatoms. The van der Waals surface area contributed by atoms with Gasteiger partial charge in [-0.25, -0.2) is 4.57 Å². The number of aliphatic carboxylic acids is 1. The van der Waals surface area contributed by atoms with Crippen LogP contribution in [-0.2, 0) is 27.9 Å². The van der Waals surface area contributed by atoms with Crippen molar-refractivity contribution in [2.24, 2.45) is 5.92 Å². The highest BCUT2D eigenvalue weighted by Crippen LogP contribution is 2.43. The number of carbonyl (C=O) groups excluding carboxylic acids is 1. The van der Waals surface area contributed by atoms with E-state index in [4.69, 9.17) is 9.84 Å². The van der Waals surface area contributed by atoms with Crippen molar-refractivity contribution in [3.63, 3.8) is 0 Å². The zero-order valence-corrected chi connectivity index (χ0v) is 23.1. The fourth-order valence-corrected chi connectivity index (χ4v) is 3.63. The average Bonchev–Trinajstić information content (AvgIpc) is 2.86. The molecule has 0 saturated heterocycles. The average molecular weight is 545 g/mol. The highest BCUT2D eigenvalue weighted by molar-refractivity contribution is 7.47. The molecule has 0 radical (unpaired) electrons. The Kier molecular flexibility index (Phi) is 21.8. The highest BCUT2D eigenvalue weighted by atomic mass is 31.2. The third-order valence-electron chi connectivity index (χ3n) is 5.04. The van der Waals surface area contributed by atoms with Crippen LogP contribution in [0.1, 0.15) is 78.1 Å². The molecule has 3 unspecified atom stereocenters. The van der Waals surface area contributed by atoms with Crippen LogP contribution in [0.25, 0.3) is 0 Å². The molecule has 0 aliphatic rings. The van der Waals surface area contributed by atoms with Gasteiger partial charge in [0.15, 0.2) is 0 Å². The largest absolute Gasteiger partial charge is 0.481 e. The minimum Gasteiger partial charge on any atom is -0.481 e. The molecule has 0 aromatic rings. The van der Waals surface area contributed by atoms with Crippen LogP contribution in [0.5, 0.6) is 0 Å². The number of carboxylic acids is 1. The monoisotopic (exact) mass is 544 g/mol. The molecule has 3 N–H and O–H groups in total. The highest BCUT2D eigenvalue weighted by Gasteiger charge is 2.26. The van der Waals surface area contributed by atoms with E-state index in [9.17, 15) is 24.2 Å². The molecule has 0 aliphatic carbocycles. The van der Waals surface area contributed by atoms with Crippen LogP contribution in [0.2, 0.25) is 0 Å². The van der Waals surface area contributed by atoms with Gasteiger partial charge in [-0.3, -0.25) is 18.6 Å². The van der Waals surface area contributed by atoms with E-state index in [0.717, 1.165) is 25.7 Å². The second-order valence-corrected chi connectivity index (χ2v) is 10.0. The number of aliphatic hydroxyl groups is 1. The van der Waals surface area contributed by atoms with E-state index in [1.54, 1.807) is 0 Å². The summed E-state index contributed by atoms with van der Waals surface area (Å²) in [6.07, 6.45) is 24.9. The number of hydrogen-bond donors (Lipinski definition) is 3. The number of esters is 1. The molecule has 3 atom stereocenters. The van der Waals surface area contributed by atoms with Gasteiger partial charge in [0.25, 0.3) is 0 Å². The first kappa shape index (κ1) is 35.0. The van der Waals surface area contributed by atoms with Gasteiger partial charge in [-0.05, 0) is 51.9 Å². The van der Waals surface area contributed by atoms with E-state index in [1.807, 2.05) is 12.2 Å². The molecule has 0 bridgehead atoms. The second kappa shape index (κ2) is 23.1. The van der Waals surface area contributed by atoms with Crippen molar-refractivity contribution >= 4 is 19.8 Å². The number of ether oxygens (including phenoxy) is 1. The number of allylic oxidation sites excluding steroid dienone is 8. The van der Waals surface area contributed by atoms with Gasteiger partial charge in [0, 0.05) is 6.42 Å². The Morgan fingerprint density at radius 2 is 1.35 bits per heavy atom. The number of phosphoric ester groups is 1. The molecule has 0 aromatic carbocycles. The summed E-state index contributed by atoms with van der Waals surface area (Å²) < 4.78 is 26.1. The summed E-state index contributed by atoms with van der Waals surface area (Å²) in [6, 6.07) is 0. The van der Waals surface area contributed by atoms with Crippen molar-refractivity contribution in [3.8, 4) is 0 Å². The maximum atomic E-state index is 11.9. The van der Waals surface area contributed by atoms with E-state index >= 15 is 0 Å². The van der Waals surface area contributed by atoms with Gasteiger partial charge in [0.1, 0.15) is 6.10 Å². The summed E-state index contributed by atoms with van der Waals surface area (Å²) in [7, 11) is -4.54. The smallest absolute Gasteiger partial charge is 0.472 e. The lowest BCUT2D eigenvalue weighted by Crippen LogP contribution is -2.27. The Labute approximate surface area is 221 Å². The van der Waals surface area contributed by atoms with Crippen LogP contribution in [-0.4, -0.2) is 53.0 Å². The zero-order chi connectivity index (χ0) is 27.8. The molecule has 0 aromatic heterocycles. The van der Waals surface area contributed by atoms with Gasteiger partial charge in [-0.1, -0.05) is 68.4 Å². The molecule has 0 heterocycles. The minimum absolute atomic E-state index is 0.123. The van der Waals surface area contributed by atoms with E-state index < -0.39 is 51.6 Å². The van der Waals surface area contributed by atoms with E-state index in [1.165, 1.54) is 26.2 Å². The van der Waals surface area contributed by atoms with Crippen molar-refractivity contribution in [3.05, 3.63) is 48.6 Å². The topological polar surface area (TPSA) is 140 Å². The third-order valence-corrected chi connectivity index (χ3v) is 5.99. The number of phosphoric acid groups is 1. The van der Waals surface area contributed by atoms with Crippen molar-refractivity contribution in [1.82, 2.24) is 0 Å². The van der Waals surface area contributed by atoms with Crippen LogP contribution in [0.4, 0.5) is 0 Å². The Morgan fingerprint density at radius 1 is 0.838 bits per heavy atom. The molecule has 0 fully saturated rings. The zero-order valence-electron chi connectivity index (χ0n) is 22.2. The predicted molar refractivity (Wildman–Crippen MR) is 144 cm³/mol. The van der Waals surface area contributed by atoms with E-state index in [-0.39, 0.29) is 6.42 Å². The van der Waals surface area contributed by atoms with Gasteiger partial charge in [0.05, 0.1) is 25.7 Å². The number of unbranched alkanes of at least 4 members (excludes halogenated alkanes) is 4. The summed E-state index contributed by atoms with van der Waals surface area (Å²) in [5.74, 6) is -2.75. The van der Waals surface area contributed by atoms with Crippen LogP contribution >= 0.6 is 7.82 Å². The Morgan fingerprint density at radius 3 is 1.86 bits per heavy atom. The standard InChI is InChI=1S/C27H45O9P/c1-3-4-5-6-7-8-9-10-11-12-13-14-15-16-17-18-19-20-26(29)36-25(21-28)23-35-37(32,33)34-22-24(2)27(30)31/h7-8,10-11,13-14,16-17,24-25,28H,3-6,9,12,15,18-23H2,1-2H3,(H,30,31)(H,32,33)/b8-7-,11-10-,14-13-,17-16-. The molecule has 0 amide bonds. The summed E-state index contributed by atoms with van der Waals surface area (Å²) in [6.45, 7) is 1.83. The third kappa shape index (κ3) is 22.9. The number of rotatable bonds is 23. The fraction of sp³-hybridized carbons (Fsp3) is 0.630. The van der Waals surface area contributed by atoms with Gasteiger partial charge in [-0.15, -0.1) is 0 Å². The molecule has 0 rings (SSSR count). The lowest BCUT2D eigenvalue weighted by atomic mass is 10.2. The summed E-state index contributed by atoms with van der Waals surface area (Å²) >= 11 is 0. The number of aliphatic hydroxyl groups excluding tert-OH is 1. The first-order valence-electron chi connectivity index (χ1n) is 13.0. The summed E-state index contributed by atoms with van der Waals surface area (Å²) in [5.41, 5.74) is 0. The first-order chi connectivity index (χ1) is 17.7. The van der Waals surface area contributed by atoms with Crippen molar-refractivity contribution in [1.29, 1.82) is 0 Å². The maximum absolute atomic E-state index is 11.9. The molecule has 37 heavy (non-hydrogen) atoms. The maximum Gasteiger partial charge on any atom is 0.472 e. The second-order valence-electron chi connectivity index (χ2n) is 8.57.